The molecule has 0 bridgehead atoms. The van der Waals surface area contributed by atoms with Gasteiger partial charge in [-0.2, -0.15) is 0 Å². The molecule has 0 saturated carbocycles. The molecule has 618 valence electrons. The minimum Gasteiger partial charge on any atom is -0.872 e. The number of hydrogen-bond acceptors (Lipinski definition) is 9. The van der Waals surface area contributed by atoms with Gasteiger partial charge in [0.25, 0.3) is 11.4 Å². The molecule has 0 aliphatic rings. The monoisotopic (exact) mass is 1700 g/mol. The molecule has 18 nitrogen and oxygen atoms in total. The summed E-state index contributed by atoms with van der Waals surface area (Å²) in [4.78, 5) is 27.8. The zero-order valence-electron chi connectivity index (χ0n) is 78.7. The molecule has 0 unspecified atom stereocenters. The summed E-state index contributed by atoms with van der Waals surface area (Å²) in [6.07, 6.45) is 12.0. The Hall–Kier alpha value is -11.1. The summed E-state index contributed by atoms with van der Waals surface area (Å²) >= 11 is 0. The number of para-hydroxylation sites is 13. The number of aryl methyl sites for hydroxylation is 6. The topological polar surface area (TPSA) is 334 Å². The maximum Gasteiger partial charge on any atom is 1.00 e. The molecule has 3 aromatic heterocycles. The third kappa shape index (κ3) is 39.2. The van der Waals surface area contributed by atoms with Crippen LogP contribution in [0.5, 0.6) is 51.7 Å². The maximum absolute atomic E-state index is 11.7. The quantitative estimate of drug-likeness (QED) is 0.0499. The largest absolute Gasteiger partial charge is 1.00 e. The van der Waals surface area contributed by atoms with E-state index in [1.807, 2.05) is 235 Å². The Bertz CT molecular complexity index is 6470. The number of nitrogens with one attached hydrogen (secondary N) is 9. The molecule has 17 rings (SSSR count). The molecular weight excluding hydrogens is 1610 g/mol. The maximum atomic E-state index is 11.7. The Morgan fingerprint density at radius 1 is 0.218 bits per heavy atom. The summed E-state index contributed by atoms with van der Waals surface area (Å²) in [5.74, 6) is 0.199. The predicted octanol–water partition coefficient (Wildman–Crippen LogP) is -20.8. The van der Waals surface area contributed by atoms with Gasteiger partial charge < -0.3 is 46.0 Å². The van der Waals surface area contributed by atoms with Crippen molar-refractivity contribution in [2.24, 2.45) is 0 Å². The first-order chi connectivity index (χ1) is 60.1. The van der Waals surface area contributed by atoms with Crippen molar-refractivity contribution in [1.82, 2.24) is 0 Å². The molecule has 133 heavy (non-hydrogen) atoms. The van der Waals surface area contributed by atoms with Gasteiger partial charge in [-0.05, 0) is 130 Å². The summed E-state index contributed by atoms with van der Waals surface area (Å²) in [6.45, 7) is 14.1. The standard InChI is InChI=1S/C20H16N2O2.C15H15NO.2C14H13NO.C13H11NO.C11H11NO.C10H9NO.C9H7NO.9Li/c23-19-11-5-1-7-15(19)13-21-17-9-3-4-10-18(17)22-14-16-8-2-6-12-20(16)24;1-11-6-5-8-14(12(11)2)16-10-13-7-3-4-9-15(13)17;1-11-6-2-4-8-13(11)15-10-12-7-3-5-9-14(12)16;1-11-6-8-13(9-7-11)15-10-12-4-2-3-5-14(12)16;15-13-9-5-4-6-11(13)10-14-12-7-2-1-3-8-12;1-7-6-8(2)12-11-9(7)4-3-5-10(11)13;1-7-5-6-8-3-2-4-9(12)10(8)11-7;11-8-5-1-3-7-4-2-6-10-9(7)8;;;;;;;;;/h1-14,23-24H;3-10,17H,1-2H3;2*2-10,16H,1H3;1-10,15H;3-6,13H,1-2H3;2-6,12H,1H3;1-6,11H;;;;;;;;;/q;;;;;;;;9*+1. The number of aromatic amines is 3. The van der Waals surface area contributed by atoms with Crippen LogP contribution in [0.1, 0.15) is 72.6 Å². The van der Waals surface area contributed by atoms with Crippen LogP contribution in [0.3, 0.4) is 0 Å². The molecule has 0 spiro atoms. The summed E-state index contributed by atoms with van der Waals surface area (Å²) in [5, 5.41) is 106. The molecule has 3 heterocycles. The first-order valence-corrected chi connectivity index (χ1v) is 39.9. The molecule has 0 amide bonds. The first kappa shape index (κ1) is 120. The van der Waals surface area contributed by atoms with Gasteiger partial charge in [0.05, 0.1) is 0 Å². The second kappa shape index (κ2) is 63.9. The Labute approximate surface area is 886 Å². The van der Waals surface area contributed by atoms with E-state index in [0.717, 1.165) is 72.8 Å². The van der Waals surface area contributed by atoms with E-state index >= 15 is 0 Å². The molecule has 0 atom stereocenters. The molecule has 9 N–H and O–H groups in total. The number of fused-ring (bicyclic) bond motifs is 3. The van der Waals surface area contributed by atoms with Crippen LogP contribution < -0.4 is 261 Å². The number of rotatable bonds is 12. The molecule has 0 aliphatic carbocycles. The zero-order valence-corrected chi connectivity index (χ0v) is 78.7. The van der Waals surface area contributed by atoms with Crippen LogP contribution in [0, 0.1) is 48.5 Å². The predicted molar refractivity (Wildman–Crippen MR) is 475 cm³/mol. The van der Waals surface area contributed by atoms with Crippen LogP contribution in [0.15, 0.2) is 358 Å². The Kier molecular flexibility index (Phi) is 57.6. The van der Waals surface area contributed by atoms with Crippen molar-refractivity contribution in [2.45, 2.75) is 48.5 Å². The third-order valence-corrected chi connectivity index (χ3v) is 19.1. The van der Waals surface area contributed by atoms with E-state index < -0.39 is 0 Å². The molecule has 14 aromatic carbocycles. The fourth-order valence-electron chi connectivity index (χ4n) is 12.1. The number of hydrogen-bond donors (Lipinski definition) is 6. The van der Waals surface area contributed by atoms with Gasteiger partial charge in [0.2, 0.25) is 39.3 Å². The van der Waals surface area contributed by atoms with Gasteiger partial charge >= 0.3 is 170 Å². The normalized spacial score (nSPS) is 10.1. The van der Waals surface area contributed by atoms with Crippen molar-refractivity contribution in [1.29, 1.82) is 0 Å². The van der Waals surface area contributed by atoms with Gasteiger partial charge in [0, 0.05) is 141 Å². The zero-order chi connectivity index (χ0) is 88.0. The smallest absolute Gasteiger partial charge is 0.872 e. The summed E-state index contributed by atoms with van der Waals surface area (Å²) < 4.78 is 0. The average Bonchev–Trinajstić information content (AvgIpc) is 0.803. The minimum atomic E-state index is -0.0396. The van der Waals surface area contributed by atoms with Crippen molar-refractivity contribution in [3.8, 4) is 51.7 Å². The molecule has 17 aromatic rings. The molecule has 0 aliphatic heterocycles. The molecule has 0 saturated heterocycles. The fraction of sp³-hybridized carbons (Fsp3) is 0.0660. The van der Waals surface area contributed by atoms with E-state index in [9.17, 15) is 46.0 Å². The van der Waals surface area contributed by atoms with Crippen molar-refractivity contribution in [2.75, 3.05) is 0 Å². The molecular formula is C106H95Li9N9O9+9. The SMILES string of the molecule is Cc1cc(C)c2cccc([O-])c2[nH+]1.Cc1ccc([NH+]=Cc2ccccc2[O-])cc1.Cc1ccc2cccc([O-])c2[nH+]1.Cc1cccc([NH+]=Cc2ccccc2[O-])c1C.Cc1ccccc1[NH+]=Cc1ccccc1[O-].[Li+].[Li+].[Li+].[Li+].[Li+].[Li+].[Li+].[Li+].[Li+].[O-]c1cccc2ccc[nH+]c12.[O-]c1ccccc1C=[NH+]c1ccccc1.[O-]c1ccccc1C=[NH+]c1ccccc1[NH+]=Cc1ccccc1[O-]. The van der Waals surface area contributed by atoms with Gasteiger partial charge in [-0.3, -0.25) is 0 Å². The average molecular weight is 1700 g/mol. The van der Waals surface area contributed by atoms with Crippen molar-refractivity contribution in [3.05, 3.63) is 431 Å². The number of benzene rings is 14. The van der Waals surface area contributed by atoms with E-state index in [2.05, 4.69) is 64.8 Å². The van der Waals surface area contributed by atoms with E-state index in [1.54, 1.807) is 177 Å². The summed E-state index contributed by atoms with van der Waals surface area (Å²) in [6, 6.07) is 106. The van der Waals surface area contributed by atoms with Crippen LogP contribution in [0.25, 0.3) is 32.7 Å². The van der Waals surface area contributed by atoms with Crippen molar-refractivity contribution in [3.63, 3.8) is 0 Å². The van der Waals surface area contributed by atoms with Crippen LogP contribution >= 0.6 is 0 Å². The first-order valence-electron chi connectivity index (χ1n) is 39.9. The molecule has 0 fully saturated rings. The Morgan fingerprint density at radius 3 is 0.955 bits per heavy atom. The second-order valence-electron chi connectivity index (χ2n) is 28.4. The Morgan fingerprint density at radius 2 is 0.526 bits per heavy atom. The van der Waals surface area contributed by atoms with Gasteiger partial charge in [0.1, 0.15) is 0 Å². The van der Waals surface area contributed by atoms with Crippen molar-refractivity contribution >= 4 is 104 Å². The van der Waals surface area contributed by atoms with Gasteiger partial charge in [-0.25, -0.2) is 44.9 Å². The molecule has 27 heteroatoms. The van der Waals surface area contributed by atoms with E-state index in [1.165, 1.54) is 28.8 Å². The van der Waals surface area contributed by atoms with Gasteiger partial charge in [-0.1, -0.05) is 258 Å². The van der Waals surface area contributed by atoms with Crippen molar-refractivity contribution < 1.29 is 261 Å². The number of pyridine rings is 3. The third-order valence-electron chi connectivity index (χ3n) is 19.1. The molecule has 0 radical (unpaired) electrons. The number of H-pyrrole nitrogens is 3. The Balaban J connectivity index is 0.000000760. The van der Waals surface area contributed by atoms with Gasteiger partial charge in [0.15, 0.2) is 54.9 Å². The van der Waals surface area contributed by atoms with Gasteiger partial charge in [-0.15, -0.1) is 0 Å². The van der Waals surface area contributed by atoms with E-state index in [0.29, 0.717) is 49.9 Å². The minimum absolute atomic E-state index is 0. The summed E-state index contributed by atoms with van der Waals surface area (Å²) in [7, 11) is 0. The van der Waals surface area contributed by atoms with Crippen LogP contribution in [-0.4, -0.2) is 37.3 Å². The second-order valence-corrected chi connectivity index (χ2v) is 28.4. The van der Waals surface area contributed by atoms with Crippen LogP contribution in [0.2, 0.25) is 0 Å². The summed E-state index contributed by atoms with van der Waals surface area (Å²) in [5.41, 5.74) is 19.5. The van der Waals surface area contributed by atoms with E-state index in [4.69, 9.17) is 0 Å². The number of aromatic nitrogens is 3. The van der Waals surface area contributed by atoms with Crippen LogP contribution in [0.4, 0.5) is 34.1 Å². The van der Waals surface area contributed by atoms with E-state index in [-0.39, 0.29) is 221 Å². The fourth-order valence-corrected chi connectivity index (χ4v) is 12.1. The van der Waals surface area contributed by atoms with Crippen LogP contribution in [-0.2, 0) is 0 Å².